The van der Waals surface area contributed by atoms with Crippen molar-refractivity contribution in [1.29, 1.82) is 5.26 Å². The number of carbonyl (C=O) groups excluding carboxylic acids is 1. The van der Waals surface area contributed by atoms with Crippen molar-refractivity contribution in [2.24, 2.45) is 0 Å². The monoisotopic (exact) mass is 387 g/mol. The lowest BCUT2D eigenvalue weighted by Crippen LogP contribution is -2.48. The Morgan fingerprint density at radius 2 is 1.66 bits per heavy atom. The predicted molar refractivity (Wildman–Crippen MR) is 106 cm³/mol. The van der Waals surface area contributed by atoms with Gasteiger partial charge in [0.25, 0.3) is 0 Å². The van der Waals surface area contributed by atoms with Crippen LogP contribution in [0.2, 0.25) is 0 Å². The molecule has 1 aliphatic heterocycles. The number of piperazine rings is 1. The lowest BCUT2D eigenvalue weighted by molar-refractivity contribution is -0.132. The molecular weight excluding hydrogens is 366 g/mol. The Balaban J connectivity index is 1.27. The minimum absolute atomic E-state index is 0.151. The standard InChI is InChI=1S/C21H21N7O/c22-14-18-1-3-19(4-2-18)15-26-9-11-27(12-10-26)21(29)13-17-5-7-20(8-6-17)28-16-23-24-25-28/h1-8,16H,9-13,15H2. The first-order chi connectivity index (χ1) is 14.2. The minimum Gasteiger partial charge on any atom is -0.340 e. The maximum Gasteiger partial charge on any atom is 0.227 e. The van der Waals surface area contributed by atoms with Crippen molar-refractivity contribution in [3.63, 3.8) is 0 Å². The maximum atomic E-state index is 12.7. The predicted octanol–water partition coefficient (Wildman–Crippen LogP) is 1.42. The van der Waals surface area contributed by atoms with Crippen molar-refractivity contribution >= 4 is 5.91 Å². The van der Waals surface area contributed by atoms with E-state index >= 15 is 0 Å². The molecule has 0 atom stereocenters. The number of carbonyl (C=O) groups is 1. The van der Waals surface area contributed by atoms with Crippen LogP contribution in [-0.4, -0.2) is 62.1 Å². The summed E-state index contributed by atoms with van der Waals surface area (Å²) in [5, 5.41) is 20.0. The summed E-state index contributed by atoms with van der Waals surface area (Å²) in [5.74, 6) is 0.151. The molecule has 29 heavy (non-hydrogen) atoms. The van der Waals surface area contributed by atoms with Crippen LogP contribution >= 0.6 is 0 Å². The van der Waals surface area contributed by atoms with E-state index < -0.39 is 0 Å². The molecule has 3 aromatic rings. The highest BCUT2D eigenvalue weighted by atomic mass is 16.2. The van der Waals surface area contributed by atoms with Crippen LogP contribution in [0.15, 0.2) is 54.9 Å². The molecule has 8 heteroatoms. The van der Waals surface area contributed by atoms with Gasteiger partial charge in [-0.2, -0.15) is 5.26 Å². The van der Waals surface area contributed by atoms with E-state index in [0.29, 0.717) is 12.0 Å². The van der Waals surface area contributed by atoms with E-state index in [-0.39, 0.29) is 5.91 Å². The first-order valence-corrected chi connectivity index (χ1v) is 9.53. The van der Waals surface area contributed by atoms with Gasteiger partial charge in [-0.05, 0) is 45.8 Å². The maximum absolute atomic E-state index is 12.7. The van der Waals surface area contributed by atoms with Crippen molar-refractivity contribution in [3.8, 4) is 11.8 Å². The van der Waals surface area contributed by atoms with Crippen molar-refractivity contribution in [3.05, 3.63) is 71.5 Å². The molecule has 1 aliphatic rings. The Morgan fingerprint density at radius 3 is 2.28 bits per heavy atom. The molecule has 1 fully saturated rings. The Morgan fingerprint density at radius 1 is 0.966 bits per heavy atom. The molecule has 0 bridgehead atoms. The first-order valence-electron chi connectivity index (χ1n) is 9.53. The summed E-state index contributed by atoms with van der Waals surface area (Å²) in [5.41, 5.74) is 3.70. The van der Waals surface area contributed by atoms with Gasteiger partial charge in [0.05, 0.1) is 23.7 Å². The molecule has 2 aromatic carbocycles. The fourth-order valence-electron chi connectivity index (χ4n) is 3.43. The normalized spacial score (nSPS) is 14.5. The molecule has 0 saturated carbocycles. The number of rotatable bonds is 5. The van der Waals surface area contributed by atoms with E-state index in [1.54, 1.807) is 4.68 Å². The van der Waals surface area contributed by atoms with Gasteiger partial charge in [0, 0.05) is 32.7 Å². The molecule has 0 unspecified atom stereocenters. The summed E-state index contributed by atoms with van der Waals surface area (Å²) in [7, 11) is 0. The van der Waals surface area contributed by atoms with Crippen LogP contribution in [0.5, 0.6) is 0 Å². The van der Waals surface area contributed by atoms with Crippen molar-refractivity contribution in [1.82, 2.24) is 30.0 Å². The summed E-state index contributed by atoms with van der Waals surface area (Å²) in [4.78, 5) is 16.9. The van der Waals surface area contributed by atoms with E-state index in [4.69, 9.17) is 5.26 Å². The number of benzene rings is 2. The molecule has 146 valence electrons. The lowest BCUT2D eigenvalue weighted by Gasteiger charge is -2.34. The highest BCUT2D eigenvalue weighted by Gasteiger charge is 2.21. The molecule has 1 amide bonds. The zero-order valence-electron chi connectivity index (χ0n) is 16.0. The van der Waals surface area contributed by atoms with Gasteiger partial charge in [0.1, 0.15) is 6.33 Å². The lowest BCUT2D eigenvalue weighted by atomic mass is 10.1. The van der Waals surface area contributed by atoms with Crippen LogP contribution in [0.3, 0.4) is 0 Å². The van der Waals surface area contributed by atoms with Gasteiger partial charge in [0.15, 0.2) is 0 Å². The van der Waals surface area contributed by atoms with Gasteiger partial charge in [-0.3, -0.25) is 9.69 Å². The molecule has 0 aliphatic carbocycles. The average molecular weight is 387 g/mol. The Labute approximate surface area is 169 Å². The van der Waals surface area contributed by atoms with E-state index in [2.05, 4.69) is 26.5 Å². The van der Waals surface area contributed by atoms with Crippen LogP contribution in [0.1, 0.15) is 16.7 Å². The Kier molecular flexibility index (Phi) is 5.59. The highest BCUT2D eigenvalue weighted by molar-refractivity contribution is 5.79. The SMILES string of the molecule is N#Cc1ccc(CN2CCN(C(=O)Cc3ccc(-n4cnnn4)cc3)CC2)cc1. The van der Waals surface area contributed by atoms with Crippen LogP contribution in [-0.2, 0) is 17.8 Å². The molecule has 0 N–H and O–H groups in total. The fraction of sp³-hybridized carbons (Fsp3) is 0.286. The van der Waals surface area contributed by atoms with Crippen molar-refractivity contribution < 1.29 is 4.79 Å². The third-order valence-corrected chi connectivity index (χ3v) is 5.12. The molecule has 0 spiro atoms. The summed E-state index contributed by atoms with van der Waals surface area (Å²) < 4.78 is 1.58. The highest BCUT2D eigenvalue weighted by Crippen LogP contribution is 2.13. The van der Waals surface area contributed by atoms with E-state index in [1.165, 1.54) is 11.9 Å². The summed E-state index contributed by atoms with van der Waals surface area (Å²) >= 11 is 0. The average Bonchev–Trinajstić information content (AvgIpc) is 3.30. The number of nitriles is 1. The molecule has 0 radical (unpaired) electrons. The van der Waals surface area contributed by atoms with Crippen LogP contribution in [0, 0.1) is 11.3 Å². The molecule has 2 heterocycles. The van der Waals surface area contributed by atoms with Crippen molar-refractivity contribution in [2.45, 2.75) is 13.0 Å². The summed E-state index contributed by atoms with van der Waals surface area (Å²) in [6, 6.07) is 17.5. The zero-order valence-corrected chi connectivity index (χ0v) is 16.0. The largest absolute Gasteiger partial charge is 0.340 e. The van der Waals surface area contributed by atoms with Gasteiger partial charge in [-0.25, -0.2) is 4.68 Å². The number of nitrogens with zero attached hydrogens (tertiary/aromatic N) is 7. The molecule has 4 rings (SSSR count). The molecule has 8 nitrogen and oxygen atoms in total. The number of aromatic nitrogens is 4. The van der Waals surface area contributed by atoms with Gasteiger partial charge >= 0.3 is 0 Å². The number of tetrazole rings is 1. The third kappa shape index (κ3) is 4.65. The number of hydrogen-bond donors (Lipinski definition) is 0. The Hall–Kier alpha value is -3.57. The second kappa shape index (κ2) is 8.63. The zero-order chi connectivity index (χ0) is 20.1. The minimum atomic E-state index is 0.151. The molecule has 1 saturated heterocycles. The second-order valence-electron chi connectivity index (χ2n) is 7.06. The number of hydrogen-bond acceptors (Lipinski definition) is 6. The summed E-state index contributed by atoms with van der Waals surface area (Å²) in [6.45, 7) is 4.01. The quantitative estimate of drug-likeness (QED) is 0.658. The smallest absolute Gasteiger partial charge is 0.227 e. The van der Waals surface area contributed by atoms with Crippen LogP contribution < -0.4 is 0 Å². The van der Waals surface area contributed by atoms with Gasteiger partial charge in [0.2, 0.25) is 5.91 Å². The van der Waals surface area contributed by atoms with E-state index in [0.717, 1.165) is 44.0 Å². The van der Waals surface area contributed by atoms with Gasteiger partial charge < -0.3 is 4.90 Å². The third-order valence-electron chi connectivity index (χ3n) is 5.12. The van der Waals surface area contributed by atoms with Gasteiger partial charge in [-0.1, -0.05) is 24.3 Å². The Bertz CT molecular complexity index is 983. The second-order valence-corrected chi connectivity index (χ2v) is 7.06. The van der Waals surface area contributed by atoms with E-state index in [9.17, 15) is 4.79 Å². The van der Waals surface area contributed by atoms with Gasteiger partial charge in [-0.15, -0.1) is 5.10 Å². The summed E-state index contributed by atoms with van der Waals surface area (Å²) in [6.07, 6.45) is 1.93. The van der Waals surface area contributed by atoms with E-state index in [1.807, 2.05) is 53.4 Å². The molecule has 1 aromatic heterocycles. The first kappa shape index (κ1) is 18.8. The van der Waals surface area contributed by atoms with Crippen molar-refractivity contribution in [2.75, 3.05) is 26.2 Å². The number of amides is 1. The van der Waals surface area contributed by atoms with Crippen LogP contribution in [0.4, 0.5) is 0 Å². The topological polar surface area (TPSA) is 90.9 Å². The fourth-order valence-corrected chi connectivity index (χ4v) is 3.43. The molecular formula is C21H21N7O. The van der Waals surface area contributed by atoms with Crippen LogP contribution in [0.25, 0.3) is 5.69 Å².